The highest BCUT2D eigenvalue weighted by Gasteiger charge is 2.38. The Balaban J connectivity index is 4.60. The van der Waals surface area contributed by atoms with Crippen LogP contribution >= 0.6 is 7.60 Å². The van der Waals surface area contributed by atoms with Crippen molar-refractivity contribution in [3.63, 3.8) is 0 Å². The van der Waals surface area contributed by atoms with Crippen LogP contribution in [0.5, 0.6) is 0 Å². The average Bonchev–Trinajstić information content (AvgIpc) is 2.28. The Bertz CT molecular complexity index is 288. The van der Waals surface area contributed by atoms with Gasteiger partial charge in [0, 0.05) is 0 Å². The van der Waals surface area contributed by atoms with Gasteiger partial charge < -0.3 is 24.2 Å². The third-order valence-electron chi connectivity index (χ3n) is 2.01. The Labute approximate surface area is 107 Å². The zero-order valence-electron chi connectivity index (χ0n) is 11.2. The molecule has 0 bridgehead atoms. The number of carbonyl (C=O) groups is 1. The molecule has 0 heterocycles. The Morgan fingerprint density at radius 2 is 1.72 bits per heavy atom. The van der Waals surface area contributed by atoms with Crippen LogP contribution in [0.15, 0.2) is 0 Å². The molecule has 7 nitrogen and oxygen atoms in total. The highest BCUT2D eigenvalue weighted by Crippen LogP contribution is 2.52. The minimum absolute atomic E-state index is 0.139. The van der Waals surface area contributed by atoms with Gasteiger partial charge in [-0.15, -0.1) is 0 Å². The van der Waals surface area contributed by atoms with E-state index < -0.39 is 25.6 Å². The van der Waals surface area contributed by atoms with E-state index >= 15 is 0 Å². The minimum Gasteiger partial charge on any atom is -0.450 e. The molecular formula is C10H22NO6P. The smallest absolute Gasteiger partial charge is 0.407 e. The predicted molar refractivity (Wildman–Crippen MR) is 66.5 cm³/mol. The lowest BCUT2D eigenvalue weighted by Crippen LogP contribution is -2.41. The van der Waals surface area contributed by atoms with Gasteiger partial charge >= 0.3 is 13.7 Å². The molecule has 8 heteroatoms. The first-order valence-corrected chi connectivity index (χ1v) is 7.52. The summed E-state index contributed by atoms with van der Waals surface area (Å²) in [5.74, 6) is -1.44. The van der Waals surface area contributed by atoms with Gasteiger partial charge in [0.05, 0.1) is 25.9 Å². The standard InChI is InChI=1S/C10H22NO6P/c1-5-15-10(13)11-8(4)9(12)18(14,16-6-2)17-7-3/h8-9,12H,5-7H2,1-4H3,(H,11,13). The second-order valence-electron chi connectivity index (χ2n) is 3.44. The molecule has 0 saturated carbocycles. The van der Waals surface area contributed by atoms with Gasteiger partial charge in [0.15, 0.2) is 5.85 Å². The van der Waals surface area contributed by atoms with E-state index in [9.17, 15) is 14.5 Å². The van der Waals surface area contributed by atoms with Crippen molar-refractivity contribution >= 4 is 13.7 Å². The molecule has 2 N–H and O–H groups in total. The Morgan fingerprint density at radius 3 is 2.11 bits per heavy atom. The average molecular weight is 283 g/mol. The van der Waals surface area contributed by atoms with Crippen LogP contribution in [0.25, 0.3) is 0 Å². The number of ether oxygens (including phenoxy) is 1. The molecule has 0 aliphatic rings. The van der Waals surface area contributed by atoms with Crippen molar-refractivity contribution in [1.82, 2.24) is 5.32 Å². The van der Waals surface area contributed by atoms with Crippen LogP contribution in [0, 0.1) is 0 Å². The molecule has 0 aliphatic heterocycles. The molecule has 108 valence electrons. The second-order valence-corrected chi connectivity index (χ2v) is 5.57. The van der Waals surface area contributed by atoms with Gasteiger partial charge in [0.2, 0.25) is 0 Å². The van der Waals surface area contributed by atoms with Crippen LogP contribution < -0.4 is 5.32 Å². The summed E-state index contributed by atoms with van der Waals surface area (Å²) in [7, 11) is -3.66. The zero-order chi connectivity index (χ0) is 14.2. The highest BCUT2D eigenvalue weighted by molar-refractivity contribution is 7.54. The summed E-state index contributed by atoms with van der Waals surface area (Å²) in [6.07, 6.45) is -0.691. The normalized spacial score (nSPS) is 14.9. The lowest BCUT2D eigenvalue weighted by molar-refractivity contribution is 0.115. The maximum Gasteiger partial charge on any atom is 0.407 e. The summed E-state index contributed by atoms with van der Waals surface area (Å²) in [6.45, 7) is 6.92. The number of carbonyl (C=O) groups excluding carboxylic acids is 1. The van der Waals surface area contributed by atoms with E-state index in [2.05, 4.69) is 10.1 Å². The summed E-state index contributed by atoms with van der Waals surface area (Å²) >= 11 is 0. The number of alkyl carbamates (subject to hydrolysis) is 1. The molecule has 0 aliphatic carbocycles. The molecule has 0 fully saturated rings. The molecule has 0 radical (unpaired) electrons. The molecule has 0 aromatic carbocycles. The number of hydrogen-bond acceptors (Lipinski definition) is 6. The van der Waals surface area contributed by atoms with E-state index in [1.807, 2.05) is 0 Å². The zero-order valence-corrected chi connectivity index (χ0v) is 12.1. The third kappa shape index (κ3) is 5.35. The van der Waals surface area contributed by atoms with Crippen molar-refractivity contribution < 1.29 is 28.3 Å². The molecule has 0 spiro atoms. The van der Waals surface area contributed by atoms with Gasteiger partial charge in [-0.25, -0.2) is 4.79 Å². The molecule has 1 amide bonds. The van der Waals surface area contributed by atoms with Crippen molar-refractivity contribution in [1.29, 1.82) is 0 Å². The highest BCUT2D eigenvalue weighted by atomic mass is 31.2. The molecule has 18 heavy (non-hydrogen) atoms. The second kappa shape index (κ2) is 8.48. The Hall–Kier alpha value is -0.620. The van der Waals surface area contributed by atoms with Crippen LogP contribution in [-0.4, -0.2) is 42.9 Å². The first-order chi connectivity index (χ1) is 8.41. The van der Waals surface area contributed by atoms with Crippen molar-refractivity contribution in [3.8, 4) is 0 Å². The lowest BCUT2D eigenvalue weighted by Gasteiger charge is -2.26. The fourth-order valence-electron chi connectivity index (χ4n) is 1.26. The molecule has 0 saturated heterocycles. The van der Waals surface area contributed by atoms with Crippen molar-refractivity contribution in [2.75, 3.05) is 19.8 Å². The maximum absolute atomic E-state index is 12.2. The molecule has 0 rings (SSSR count). The lowest BCUT2D eigenvalue weighted by atomic mass is 10.4. The van der Waals surface area contributed by atoms with E-state index in [0.29, 0.717) is 0 Å². The maximum atomic E-state index is 12.2. The topological polar surface area (TPSA) is 94.1 Å². The molecule has 0 aromatic heterocycles. The van der Waals surface area contributed by atoms with Gasteiger partial charge in [-0.3, -0.25) is 4.57 Å². The SMILES string of the molecule is CCOC(=O)NC(C)C(O)P(=O)(OCC)OCC. The fourth-order valence-corrected chi connectivity index (χ4v) is 2.98. The van der Waals surface area contributed by atoms with E-state index in [1.165, 1.54) is 6.92 Å². The van der Waals surface area contributed by atoms with Gasteiger partial charge in [-0.2, -0.15) is 0 Å². The van der Waals surface area contributed by atoms with E-state index in [0.717, 1.165) is 0 Å². The monoisotopic (exact) mass is 283 g/mol. The minimum atomic E-state index is -3.66. The largest absolute Gasteiger partial charge is 0.450 e. The van der Waals surface area contributed by atoms with Crippen LogP contribution in [-0.2, 0) is 18.3 Å². The van der Waals surface area contributed by atoms with Crippen LogP contribution in [0.1, 0.15) is 27.7 Å². The summed E-state index contributed by atoms with van der Waals surface area (Å²) in [4.78, 5) is 11.2. The van der Waals surface area contributed by atoms with E-state index in [4.69, 9.17) is 9.05 Å². The van der Waals surface area contributed by atoms with E-state index in [-0.39, 0.29) is 19.8 Å². The van der Waals surface area contributed by atoms with Crippen molar-refractivity contribution in [2.24, 2.45) is 0 Å². The number of amides is 1. The number of rotatable bonds is 8. The van der Waals surface area contributed by atoms with Gasteiger partial charge in [-0.05, 0) is 27.7 Å². The summed E-state index contributed by atoms with van der Waals surface area (Å²) < 4.78 is 26.8. The Kier molecular flexibility index (Phi) is 8.18. The number of hydrogen-bond donors (Lipinski definition) is 2. The number of aliphatic hydroxyl groups is 1. The van der Waals surface area contributed by atoms with Crippen LogP contribution in [0.4, 0.5) is 4.79 Å². The quantitative estimate of drug-likeness (QED) is 0.658. The van der Waals surface area contributed by atoms with Gasteiger partial charge in [-0.1, -0.05) is 0 Å². The summed E-state index contributed by atoms with van der Waals surface area (Å²) in [5.41, 5.74) is 0. The molecule has 2 unspecified atom stereocenters. The third-order valence-corrected chi connectivity index (χ3v) is 4.34. The van der Waals surface area contributed by atoms with Gasteiger partial charge in [0.1, 0.15) is 0 Å². The van der Waals surface area contributed by atoms with Crippen LogP contribution in [0.3, 0.4) is 0 Å². The Morgan fingerprint density at radius 1 is 1.22 bits per heavy atom. The molecule has 0 aromatic rings. The number of aliphatic hydroxyl groups excluding tert-OH is 1. The molecule has 2 atom stereocenters. The molecular weight excluding hydrogens is 261 g/mol. The first kappa shape index (κ1) is 17.4. The van der Waals surface area contributed by atoms with Gasteiger partial charge in [0.25, 0.3) is 0 Å². The first-order valence-electron chi connectivity index (χ1n) is 5.91. The summed E-state index contributed by atoms with van der Waals surface area (Å²) in [6, 6.07) is -0.812. The van der Waals surface area contributed by atoms with Crippen molar-refractivity contribution in [3.05, 3.63) is 0 Å². The van der Waals surface area contributed by atoms with Crippen molar-refractivity contribution in [2.45, 2.75) is 39.6 Å². The van der Waals surface area contributed by atoms with E-state index in [1.54, 1.807) is 20.8 Å². The number of nitrogens with one attached hydrogen (secondary N) is 1. The predicted octanol–water partition coefficient (Wildman–Crippen LogP) is 1.71. The van der Waals surface area contributed by atoms with Crippen LogP contribution in [0.2, 0.25) is 0 Å². The summed E-state index contributed by atoms with van der Waals surface area (Å²) in [5, 5.41) is 12.3. The fraction of sp³-hybridized carbons (Fsp3) is 0.900.